The molecule has 0 atom stereocenters. The first-order valence-electron chi connectivity index (χ1n) is 9.87. The minimum absolute atomic E-state index is 0.339. The van der Waals surface area contributed by atoms with E-state index in [1.807, 2.05) is 10.9 Å². The molecule has 11 heteroatoms. The highest BCUT2D eigenvalue weighted by Crippen LogP contribution is 2.23. The second kappa shape index (κ2) is 8.11. The lowest BCUT2D eigenvalue weighted by Gasteiger charge is -2.22. The van der Waals surface area contributed by atoms with Crippen LogP contribution >= 0.6 is 0 Å². The van der Waals surface area contributed by atoms with Crippen LogP contribution < -0.4 is 5.32 Å². The molecule has 1 aromatic carbocycles. The van der Waals surface area contributed by atoms with Crippen LogP contribution in [0.25, 0.3) is 16.9 Å². The topological polar surface area (TPSA) is 122 Å². The SMILES string of the molecule is COC(=O)c1ccc(-n2nnc3cnc(Nc4cnn(C5CCOCC5)c4)nc32)cc1. The largest absolute Gasteiger partial charge is 0.465 e. The van der Waals surface area contributed by atoms with E-state index in [-0.39, 0.29) is 0 Å². The normalized spacial score (nSPS) is 14.6. The molecule has 1 N–H and O–H groups in total. The van der Waals surface area contributed by atoms with Gasteiger partial charge in [0.2, 0.25) is 5.95 Å². The van der Waals surface area contributed by atoms with Gasteiger partial charge in [0.25, 0.3) is 0 Å². The van der Waals surface area contributed by atoms with E-state index in [4.69, 9.17) is 9.47 Å². The van der Waals surface area contributed by atoms with E-state index in [1.54, 1.807) is 41.3 Å². The van der Waals surface area contributed by atoms with E-state index in [0.717, 1.165) is 31.7 Å². The molecular weight excluding hydrogens is 400 g/mol. The van der Waals surface area contributed by atoms with Gasteiger partial charge in [-0.25, -0.2) is 9.78 Å². The minimum atomic E-state index is -0.398. The Morgan fingerprint density at radius 2 is 2.00 bits per heavy atom. The Balaban J connectivity index is 1.39. The van der Waals surface area contributed by atoms with Crippen molar-refractivity contribution in [3.8, 4) is 5.69 Å². The second-order valence-electron chi connectivity index (χ2n) is 7.12. The van der Waals surface area contributed by atoms with E-state index >= 15 is 0 Å². The maximum absolute atomic E-state index is 11.6. The van der Waals surface area contributed by atoms with Gasteiger partial charge >= 0.3 is 5.97 Å². The van der Waals surface area contributed by atoms with Crippen molar-refractivity contribution in [3.05, 3.63) is 48.4 Å². The third-order valence-electron chi connectivity index (χ3n) is 5.15. The molecule has 1 fully saturated rings. The maximum atomic E-state index is 11.6. The van der Waals surface area contributed by atoms with Gasteiger partial charge in [0.05, 0.1) is 42.5 Å². The van der Waals surface area contributed by atoms with Crippen LogP contribution in [0.2, 0.25) is 0 Å². The third kappa shape index (κ3) is 3.82. The minimum Gasteiger partial charge on any atom is -0.465 e. The molecule has 158 valence electrons. The Bertz CT molecular complexity index is 1210. The molecule has 0 amide bonds. The van der Waals surface area contributed by atoms with Crippen LogP contribution in [0.4, 0.5) is 11.6 Å². The van der Waals surface area contributed by atoms with Crippen molar-refractivity contribution in [2.24, 2.45) is 0 Å². The number of anilines is 2. The highest BCUT2D eigenvalue weighted by molar-refractivity contribution is 5.89. The highest BCUT2D eigenvalue weighted by Gasteiger charge is 2.17. The lowest BCUT2D eigenvalue weighted by atomic mass is 10.1. The summed E-state index contributed by atoms with van der Waals surface area (Å²) in [4.78, 5) is 20.5. The standard InChI is InChI=1S/C20H20N8O3/c1-30-19(29)13-2-4-16(5-3-13)28-18-17(25-26-28)11-21-20(24-18)23-14-10-22-27(12-14)15-6-8-31-9-7-15/h2-5,10-12,15H,6-9H2,1H3,(H,21,23,24). The summed E-state index contributed by atoms with van der Waals surface area (Å²) in [6.07, 6.45) is 7.21. The number of carbonyl (C=O) groups is 1. The Labute approximate surface area is 177 Å². The van der Waals surface area contributed by atoms with E-state index < -0.39 is 5.97 Å². The van der Waals surface area contributed by atoms with Crippen molar-refractivity contribution in [2.45, 2.75) is 18.9 Å². The predicted molar refractivity (Wildman–Crippen MR) is 110 cm³/mol. The van der Waals surface area contributed by atoms with Crippen LogP contribution in [0.1, 0.15) is 29.2 Å². The van der Waals surface area contributed by atoms with Gasteiger partial charge in [0.1, 0.15) is 0 Å². The summed E-state index contributed by atoms with van der Waals surface area (Å²) in [7, 11) is 1.35. The number of esters is 1. The number of nitrogens with zero attached hydrogens (tertiary/aromatic N) is 7. The third-order valence-corrected chi connectivity index (χ3v) is 5.15. The first-order chi connectivity index (χ1) is 15.2. The molecule has 11 nitrogen and oxygen atoms in total. The molecule has 0 unspecified atom stereocenters. The fourth-order valence-corrected chi connectivity index (χ4v) is 3.50. The summed E-state index contributed by atoms with van der Waals surface area (Å²) >= 11 is 0. The van der Waals surface area contributed by atoms with Gasteiger partial charge in [0, 0.05) is 19.4 Å². The smallest absolute Gasteiger partial charge is 0.337 e. The highest BCUT2D eigenvalue weighted by atomic mass is 16.5. The number of rotatable bonds is 5. The number of fused-ring (bicyclic) bond motifs is 1. The lowest BCUT2D eigenvalue weighted by molar-refractivity contribution is 0.0600. The molecule has 0 aliphatic carbocycles. The molecule has 1 aliphatic rings. The summed E-state index contributed by atoms with van der Waals surface area (Å²) in [5.41, 5.74) is 3.06. The van der Waals surface area contributed by atoms with Gasteiger partial charge in [-0.2, -0.15) is 14.8 Å². The Kier molecular flexibility index (Phi) is 5.00. The van der Waals surface area contributed by atoms with Crippen molar-refractivity contribution >= 4 is 28.8 Å². The molecule has 0 spiro atoms. The van der Waals surface area contributed by atoms with Gasteiger partial charge in [0.15, 0.2) is 11.2 Å². The summed E-state index contributed by atoms with van der Waals surface area (Å²) < 4.78 is 13.7. The first kappa shape index (κ1) is 19.1. The molecule has 4 heterocycles. The number of aromatic nitrogens is 7. The molecule has 0 bridgehead atoms. The Morgan fingerprint density at radius 3 is 2.77 bits per heavy atom. The average molecular weight is 420 g/mol. The van der Waals surface area contributed by atoms with Crippen molar-refractivity contribution in [3.63, 3.8) is 0 Å². The summed E-state index contributed by atoms with van der Waals surface area (Å²) in [6.45, 7) is 1.51. The second-order valence-corrected chi connectivity index (χ2v) is 7.12. The molecule has 3 aromatic heterocycles. The molecule has 31 heavy (non-hydrogen) atoms. The number of hydrogen-bond acceptors (Lipinski definition) is 9. The zero-order chi connectivity index (χ0) is 21.2. The van der Waals surface area contributed by atoms with Crippen LogP contribution in [-0.2, 0) is 9.47 Å². The zero-order valence-corrected chi connectivity index (χ0v) is 16.8. The van der Waals surface area contributed by atoms with Crippen molar-refractivity contribution in [1.29, 1.82) is 0 Å². The molecule has 0 radical (unpaired) electrons. The van der Waals surface area contributed by atoms with Gasteiger partial charge < -0.3 is 14.8 Å². The Hall–Kier alpha value is -3.86. The van der Waals surface area contributed by atoms with E-state index in [2.05, 4.69) is 30.7 Å². The predicted octanol–water partition coefficient (Wildman–Crippen LogP) is 2.29. The van der Waals surface area contributed by atoms with E-state index in [0.29, 0.717) is 34.4 Å². The molecule has 4 aromatic rings. The van der Waals surface area contributed by atoms with Gasteiger partial charge in [-0.3, -0.25) is 4.68 Å². The number of ether oxygens (including phenoxy) is 2. The molecule has 5 rings (SSSR count). The molecule has 1 aliphatic heterocycles. The zero-order valence-electron chi connectivity index (χ0n) is 16.8. The van der Waals surface area contributed by atoms with Crippen molar-refractivity contribution < 1.29 is 14.3 Å². The van der Waals surface area contributed by atoms with Crippen molar-refractivity contribution in [1.82, 2.24) is 34.7 Å². The fraction of sp³-hybridized carbons (Fsp3) is 0.300. The molecular formula is C20H20N8O3. The summed E-state index contributed by atoms with van der Waals surface area (Å²) in [5.74, 6) is 0.0128. The van der Waals surface area contributed by atoms with Crippen LogP contribution in [0, 0.1) is 0 Å². The van der Waals surface area contributed by atoms with Gasteiger partial charge in [-0.15, -0.1) is 5.10 Å². The van der Waals surface area contributed by atoms with Gasteiger partial charge in [-0.05, 0) is 37.1 Å². The van der Waals surface area contributed by atoms with Crippen LogP contribution in [0.5, 0.6) is 0 Å². The monoisotopic (exact) mass is 420 g/mol. The quantitative estimate of drug-likeness (QED) is 0.485. The number of methoxy groups -OCH3 is 1. The first-order valence-corrected chi connectivity index (χ1v) is 9.87. The van der Waals surface area contributed by atoms with E-state index in [1.165, 1.54) is 7.11 Å². The van der Waals surface area contributed by atoms with Crippen LogP contribution in [-0.4, -0.2) is 61.0 Å². The average Bonchev–Trinajstić information content (AvgIpc) is 3.46. The Morgan fingerprint density at radius 1 is 1.19 bits per heavy atom. The van der Waals surface area contributed by atoms with Gasteiger partial charge in [-0.1, -0.05) is 5.21 Å². The summed E-state index contributed by atoms with van der Waals surface area (Å²) in [6, 6.07) is 7.19. The lowest BCUT2D eigenvalue weighted by Crippen LogP contribution is -2.19. The number of hydrogen-bond donors (Lipinski definition) is 1. The number of nitrogens with one attached hydrogen (secondary N) is 1. The van der Waals surface area contributed by atoms with Crippen molar-refractivity contribution in [2.75, 3.05) is 25.6 Å². The summed E-state index contributed by atoms with van der Waals surface area (Å²) in [5, 5.41) is 15.9. The van der Waals surface area contributed by atoms with E-state index in [9.17, 15) is 4.79 Å². The maximum Gasteiger partial charge on any atom is 0.337 e. The number of benzene rings is 1. The fourth-order valence-electron chi connectivity index (χ4n) is 3.50. The molecule has 0 saturated carbocycles. The molecule has 1 saturated heterocycles. The van der Waals surface area contributed by atoms with Crippen LogP contribution in [0.15, 0.2) is 42.9 Å². The van der Waals surface area contributed by atoms with Crippen LogP contribution in [0.3, 0.4) is 0 Å². The number of carbonyl (C=O) groups excluding carboxylic acids is 1.